The Morgan fingerprint density at radius 2 is 1.29 bits per heavy atom. The zero-order valence-corrected chi connectivity index (χ0v) is 11.8. The lowest BCUT2D eigenvalue weighted by atomic mass is 10.4. The summed E-state index contributed by atoms with van der Waals surface area (Å²) in [6.07, 6.45) is 4.26. The predicted molar refractivity (Wildman–Crippen MR) is 73.0 cm³/mol. The zero-order valence-electron chi connectivity index (χ0n) is 7.04. The summed E-state index contributed by atoms with van der Waals surface area (Å²) >= 11 is 10.5. The van der Waals surface area contributed by atoms with Crippen molar-refractivity contribution in [1.29, 1.82) is 0 Å². The summed E-state index contributed by atoms with van der Waals surface area (Å²) in [6, 6.07) is 4.13. The summed E-state index contributed by atoms with van der Waals surface area (Å²) in [5.74, 6) is 0. The van der Waals surface area contributed by atoms with Crippen molar-refractivity contribution in [3.8, 4) is 0 Å². The highest BCUT2D eigenvalue weighted by Crippen LogP contribution is 2.28. The van der Waals surface area contributed by atoms with Gasteiger partial charge in [0.15, 0.2) is 0 Å². The Kier molecular flexibility index (Phi) is 3.60. The molecule has 0 aliphatic heterocycles. The molecule has 2 aromatic heterocycles. The van der Waals surface area contributed by atoms with Crippen LogP contribution >= 0.6 is 54.5 Å². The van der Waals surface area contributed by atoms with Crippen LogP contribution in [-0.4, -0.2) is 0 Å². The molecule has 4 heteroatoms. The first-order chi connectivity index (χ1) is 6.77. The summed E-state index contributed by atoms with van der Waals surface area (Å²) in [5, 5.41) is 4.15. The Morgan fingerprint density at radius 3 is 1.57 bits per heavy atom. The third-order valence-electron chi connectivity index (χ3n) is 1.68. The molecule has 0 N–H and O–H groups in total. The molecule has 2 aromatic rings. The van der Waals surface area contributed by atoms with E-state index in [9.17, 15) is 0 Å². The average Bonchev–Trinajstić information content (AvgIpc) is 2.72. The SMILES string of the molecule is Brc1ccsc1/C=C\c1sccc1Br. The Balaban J connectivity index is 2.23. The highest BCUT2D eigenvalue weighted by molar-refractivity contribution is 9.11. The quantitative estimate of drug-likeness (QED) is 0.671. The van der Waals surface area contributed by atoms with Crippen LogP contribution in [0.4, 0.5) is 0 Å². The van der Waals surface area contributed by atoms with Crippen LogP contribution in [0.2, 0.25) is 0 Å². The van der Waals surface area contributed by atoms with Gasteiger partial charge in [0, 0.05) is 18.7 Å². The van der Waals surface area contributed by atoms with E-state index in [0.717, 1.165) is 8.95 Å². The van der Waals surface area contributed by atoms with Crippen molar-refractivity contribution in [2.75, 3.05) is 0 Å². The fourth-order valence-electron chi connectivity index (χ4n) is 1.00. The van der Waals surface area contributed by atoms with Crippen LogP contribution in [0.15, 0.2) is 31.8 Å². The maximum Gasteiger partial charge on any atom is 0.0412 e. The molecular weight excluding hydrogens is 344 g/mol. The third-order valence-corrected chi connectivity index (χ3v) is 5.35. The predicted octanol–water partition coefficient (Wildman–Crippen LogP) is 5.51. The molecule has 0 saturated carbocycles. The minimum absolute atomic E-state index is 1.16. The molecule has 0 aliphatic carbocycles. The number of hydrogen-bond donors (Lipinski definition) is 0. The van der Waals surface area contributed by atoms with Gasteiger partial charge in [-0.15, -0.1) is 22.7 Å². The number of halogens is 2. The molecule has 2 heterocycles. The molecule has 0 saturated heterocycles. The summed E-state index contributed by atoms with van der Waals surface area (Å²) in [7, 11) is 0. The van der Waals surface area contributed by atoms with E-state index in [1.165, 1.54) is 9.75 Å². The maximum absolute atomic E-state index is 3.50. The summed E-state index contributed by atoms with van der Waals surface area (Å²) < 4.78 is 2.32. The minimum atomic E-state index is 1.16. The number of thiophene rings is 2. The summed E-state index contributed by atoms with van der Waals surface area (Å²) in [6.45, 7) is 0. The fourth-order valence-corrected chi connectivity index (χ4v) is 3.80. The van der Waals surface area contributed by atoms with E-state index in [2.05, 4.69) is 66.9 Å². The molecule has 0 spiro atoms. The Morgan fingerprint density at radius 1 is 0.857 bits per heavy atom. The first-order valence-corrected chi connectivity index (χ1v) is 7.26. The summed E-state index contributed by atoms with van der Waals surface area (Å²) in [5.41, 5.74) is 0. The van der Waals surface area contributed by atoms with Gasteiger partial charge in [0.25, 0.3) is 0 Å². The lowest BCUT2D eigenvalue weighted by Gasteiger charge is -1.88. The molecule has 14 heavy (non-hydrogen) atoms. The zero-order chi connectivity index (χ0) is 9.97. The minimum Gasteiger partial charge on any atom is -0.143 e. The molecule has 0 amide bonds. The highest BCUT2D eigenvalue weighted by Gasteiger charge is 1.98. The third kappa shape index (κ3) is 2.37. The first kappa shape index (κ1) is 10.6. The van der Waals surface area contributed by atoms with Crippen LogP contribution in [0, 0.1) is 0 Å². The molecule has 0 radical (unpaired) electrons. The second kappa shape index (κ2) is 4.75. The molecule has 2 rings (SSSR count). The van der Waals surface area contributed by atoms with Crippen molar-refractivity contribution < 1.29 is 0 Å². The van der Waals surface area contributed by atoms with Crippen LogP contribution < -0.4 is 0 Å². The van der Waals surface area contributed by atoms with E-state index in [1.807, 2.05) is 0 Å². The lowest BCUT2D eigenvalue weighted by Crippen LogP contribution is -1.63. The van der Waals surface area contributed by atoms with Gasteiger partial charge in [-0.1, -0.05) is 0 Å². The summed E-state index contributed by atoms with van der Waals surface area (Å²) in [4.78, 5) is 2.51. The van der Waals surface area contributed by atoms with E-state index in [1.54, 1.807) is 22.7 Å². The topological polar surface area (TPSA) is 0 Å². The van der Waals surface area contributed by atoms with Crippen LogP contribution in [0.5, 0.6) is 0 Å². The first-order valence-electron chi connectivity index (χ1n) is 3.91. The second-order valence-corrected chi connectivity index (χ2v) is 6.20. The monoisotopic (exact) mass is 348 g/mol. The highest BCUT2D eigenvalue weighted by atomic mass is 79.9. The van der Waals surface area contributed by atoms with E-state index in [-0.39, 0.29) is 0 Å². The molecule has 72 valence electrons. The van der Waals surface area contributed by atoms with Crippen molar-refractivity contribution in [2.24, 2.45) is 0 Å². The van der Waals surface area contributed by atoms with Crippen LogP contribution in [0.3, 0.4) is 0 Å². The second-order valence-electron chi connectivity index (χ2n) is 2.60. The van der Waals surface area contributed by atoms with Crippen molar-refractivity contribution in [2.45, 2.75) is 0 Å². The molecule has 0 fully saturated rings. The molecule has 0 atom stereocenters. The van der Waals surface area contributed by atoms with Crippen molar-refractivity contribution in [3.05, 3.63) is 41.6 Å². The average molecular weight is 350 g/mol. The van der Waals surface area contributed by atoms with Crippen molar-refractivity contribution in [1.82, 2.24) is 0 Å². The van der Waals surface area contributed by atoms with E-state index < -0.39 is 0 Å². The Labute approximate surface area is 108 Å². The molecule has 0 nitrogen and oxygen atoms in total. The fraction of sp³-hybridized carbons (Fsp3) is 0. The van der Waals surface area contributed by atoms with Gasteiger partial charge in [0.1, 0.15) is 0 Å². The van der Waals surface area contributed by atoms with E-state index in [0.29, 0.717) is 0 Å². The van der Waals surface area contributed by atoms with Crippen molar-refractivity contribution in [3.63, 3.8) is 0 Å². The normalized spacial score (nSPS) is 11.3. The largest absolute Gasteiger partial charge is 0.143 e. The molecule has 0 unspecified atom stereocenters. The number of hydrogen-bond acceptors (Lipinski definition) is 2. The molecule has 0 aromatic carbocycles. The van der Waals surface area contributed by atoms with Gasteiger partial charge in [-0.3, -0.25) is 0 Å². The maximum atomic E-state index is 3.50. The lowest BCUT2D eigenvalue weighted by molar-refractivity contribution is 1.82. The molecule has 0 aliphatic rings. The van der Waals surface area contributed by atoms with E-state index in [4.69, 9.17) is 0 Å². The van der Waals surface area contributed by atoms with Crippen LogP contribution in [0.1, 0.15) is 9.75 Å². The van der Waals surface area contributed by atoms with Gasteiger partial charge in [-0.25, -0.2) is 0 Å². The Bertz CT molecular complexity index is 412. The smallest absolute Gasteiger partial charge is 0.0412 e. The van der Waals surface area contributed by atoms with Crippen LogP contribution in [0.25, 0.3) is 12.2 Å². The molecule has 0 bridgehead atoms. The van der Waals surface area contributed by atoms with Gasteiger partial charge in [-0.2, -0.15) is 0 Å². The van der Waals surface area contributed by atoms with Crippen LogP contribution in [-0.2, 0) is 0 Å². The van der Waals surface area contributed by atoms with Gasteiger partial charge < -0.3 is 0 Å². The van der Waals surface area contributed by atoms with E-state index >= 15 is 0 Å². The van der Waals surface area contributed by atoms with Gasteiger partial charge in [-0.05, 0) is 66.9 Å². The Hall–Kier alpha value is 0.1000. The van der Waals surface area contributed by atoms with Gasteiger partial charge in [0.2, 0.25) is 0 Å². The van der Waals surface area contributed by atoms with Crippen molar-refractivity contribution >= 4 is 66.7 Å². The number of rotatable bonds is 2. The molecular formula is C10H6Br2S2. The standard InChI is InChI=1S/C10H6Br2S2/c11-7-3-5-13-9(7)1-2-10-8(12)4-6-14-10/h1-6H/b2-1-. The van der Waals surface area contributed by atoms with Gasteiger partial charge >= 0.3 is 0 Å². The van der Waals surface area contributed by atoms with Gasteiger partial charge in [0.05, 0.1) is 0 Å².